The Labute approximate surface area is 147 Å². The van der Waals surface area contributed by atoms with Gasteiger partial charge in [-0.2, -0.15) is 13.2 Å². The van der Waals surface area contributed by atoms with Crippen LogP contribution in [0.3, 0.4) is 0 Å². The number of hydrogen-bond acceptors (Lipinski definition) is 3. The number of hydrogen-bond donors (Lipinski definition) is 0. The van der Waals surface area contributed by atoms with Gasteiger partial charge in [-0.25, -0.2) is 8.57 Å². The maximum atomic E-state index is 13.4. The Hall–Kier alpha value is -1.09. The standard InChI is InChI=1S/C15H18BrF3N2O2S/c1-2-20-24(23,12-5-3-11(16)4-6-12)13-7-9-21(10-8-13)14(22)15(17,18)19/h3-6,13H,2,7-10H2,1H3. The zero-order chi connectivity index (χ0) is 18.0. The van der Waals surface area contributed by atoms with Crippen molar-refractivity contribution in [2.75, 3.05) is 19.6 Å². The number of nitrogens with zero attached hydrogens (tertiary/aromatic N) is 2. The number of carbonyl (C=O) groups is 1. The fourth-order valence-corrected chi connectivity index (χ4v) is 5.52. The number of alkyl halides is 3. The predicted molar refractivity (Wildman–Crippen MR) is 89.2 cm³/mol. The molecule has 1 aromatic carbocycles. The molecule has 4 nitrogen and oxygen atoms in total. The molecule has 1 atom stereocenters. The van der Waals surface area contributed by atoms with Crippen LogP contribution in [0.2, 0.25) is 0 Å². The molecule has 134 valence electrons. The summed E-state index contributed by atoms with van der Waals surface area (Å²) in [7, 11) is -2.74. The minimum Gasteiger partial charge on any atom is -0.335 e. The van der Waals surface area contributed by atoms with Crippen LogP contribution in [0.5, 0.6) is 0 Å². The Morgan fingerprint density at radius 2 is 1.83 bits per heavy atom. The van der Waals surface area contributed by atoms with Crippen molar-refractivity contribution in [1.29, 1.82) is 0 Å². The Bertz CT molecular complexity index is 704. The quantitative estimate of drug-likeness (QED) is 0.736. The number of piperidine rings is 1. The van der Waals surface area contributed by atoms with Gasteiger partial charge in [0.05, 0.1) is 15.0 Å². The third-order valence-electron chi connectivity index (χ3n) is 3.90. The van der Waals surface area contributed by atoms with E-state index in [1.165, 1.54) is 0 Å². The van der Waals surface area contributed by atoms with Gasteiger partial charge in [-0.05, 0) is 44.0 Å². The van der Waals surface area contributed by atoms with Crippen LogP contribution in [0.1, 0.15) is 19.8 Å². The number of benzene rings is 1. The molecule has 9 heteroatoms. The molecule has 1 fully saturated rings. The highest BCUT2D eigenvalue weighted by Gasteiger charge is 2.44. The molecular weight excluding hydrogens is 409 g/mol. The first-order valence-electron chi connectivity index (χ1n) is 7.52. The van der Waals surface area contributed by atoms with E-state index < -0.39 is 21.8 Å². The SMILES string of the molecule is CCN=S(=O)(c1ccc(Br)cc1)C1CCN(C(=O)C(F)(F)F)CC1. The number of likely N-dealkylation sites (tertiary alicyclic amines) is 1. The summed E-state index contributed by atoms with van der Waals surface area (Å²) < 4.78 is 56.1. The minimum absolute atomic E-state index is 0.0598. The number of amides is 1. The van der Waals surface area contributed by atoms with E-state index in [0.717, 1.165) is 9.37 Å². The third kappa shape index (κ3) is 4.11. The lowest BCUT2D eigenvalue weighted by Gasteiger charge is -2.33. The lowest BCUT2D eigenvalue weighted by molar-refractivity contribution is -0.186. The van der Waals surface area contributed by atoms with Crippen molar-refractivity contribution in [3.05, 3.63) is 28.7 Å². The zero-order valence-electron chi connectivity index (χ0n) is 13.1. The van der Waals surface area contributed by atoms with Crippen LogP contribution in [-0.4, -0.2) is 46.1 Å². The lowest BCUT2D eigenvalue weighted by Crippen LogP contribution is -2.47. The highest BCUT2D eigenvalue weighted by molar-refractivity contribution is 9.10. The summed E-state index contributed by atoms with van der Waals surface area (Å²) >= 11 is 3.32. The van der Waals surface area contributed by atoms with Crippen LogP contribution in [0, 0.1) is 0 Å². The van der Waals surface area contributed by atoms with Gasteiger partial charge < -0.3 is 4.90 Å². The summed E-state index contributed by atoms with van der Waals surface area (Å²) in [6.45, 7) is 2.02. The molecule has 1 unspecified atom stereocenters. The molecule has 0 aliphatic carbocycles. The fourth-order valence-electron chi connectivity index (χ4n) is 2.75. The summed E-state index contributed by atoms with van der Waals surface area (Å²) in [5, 5.41) is -0.365. The first-order valence-corrected chi connectivity index (χ1v) is 9.89. The van der Waals surface area contributed by atoms with Crippen LogP contribution < -0.4 is 0 Å². The molecule has 1 saturated heterocycles. The van der Waals surface area contributed by atoms with E-state index in [-0.39, 0.29) is 31.2 Å². The van der Waals surface area contributed by atoms with Crippen LogP contribution >= 0.6 is 15.9 Å². The summed E-state index contributed by atoms with van der Waals surface area (Å²) in [6, 6.07) is 6.97. The Morgan fingerprint density at radius 1 is 1.29 bits per heavy atom. The number of rotatable bonds is 3. The molecule has 0 radical (unpaired) electrons. The molecule has 1 heterocycles. The Morgan fingerprint density at radius 3 is 2.29 bits per heavy atom. The second-order valence-electron chi connectivity index (χ2n) is 5.46. The van der Waals surface area contributed by atoms with Gasteiger partial charge in [0.1, 0.15) is 0 Å². The van der Waals surface area contributed by atoms with Crippen LogP contribution in [0.4, 0.5) is 13.2 Å². The van der Waals surface area contributed by atoms with Crippen molar-refractivity contribution in [3.63, 3.8) is 0 Å². The summed E-state index contributed by atoms with van der Waals surface area (Å²) in [4.78, 5) is 12.7. The Kier molecular flexibility index (Phi) is 5.95. The first-order chi connectivity index (χ1) is 11.2. The van der Waals surface area contributed by atoms with Crippen molar-refractivity contribution in [3.8, 4) is 0 Å². The smallest absolute Gasteiger partial charge is 0.335 e. The zero-order valence-corrected chi connectivity index (χ0v) is 15.5. The second-order valence-corrected chi connectivity index (χ2v) is 8.91. The van der Waals surface area contributed by atoms with E-state index >= 15 is 0 Å². The summed E-state index contributed by atoms with van der Waals surface area (Å²) in [6.07, 6.45) is -4.39. The van der Waals surface area contributed by atoms with Gasteiger partial charge in [-0.15, -0.1) is 0 Å². The van der Waals surface area contributed by atoms with Crippen molar-refractivity contribution in [1.82, 2.24) is 4.90 Å². The van der Waals surface area contributed by atoms with Crippen molar-refractivity contribution < 1.29 is 22.2 Å². The van der Waals surface area contributed by atoms with Gasteiger partial charge in [0.25, 0.3) is 0 Å². The topological polar surface area (TPSA) is 49.7 Å². The molecule has 2 rings (SSSR count). The monoisotopic (exact) mass is 426 g/mol. The second kappa shape index (κ2) is 7.43. The van der Waals surface area contributed by atoms with Crippen molar-refractivity contribution >= 4 is 31.6 Å². The fraction of sp³-hybridized carbons (Fsp3) is 0.533. The van der Waals surface area contributed by atoms with Crippen LogP contribution in [0.25, 0.3) is 0 Å². The number of halogens is 4. The van der Waals surface area contributed by atoms with Gasteiger partial charge in [0, 0.05) is 29.0 Å². The highest BCUT2D eigenvalue weighted by Crippen LogP contribution is 2.29. The maximum Gasteiger partial charge on any atom is 0.471 e. The molecule has 0 bridgehead atoms. The van der Waals surface area contributed by atoms with Crippen LogP contribution in [0.15, 0.2) is 38.0 Å². The molecule has 1 amide bonds. The molecule has 24 heavy (non-hydrogen) atoms. The normalized spacial score (nSPS) is 19.0. The van der Waals surface area contributed by atoms with E-state index in [9.17, 15) is 22.2 Å². The summed E-state index contributed by atoms with van der Waals surface area (Å²) in [5.74, 6) is -1.83. The molecular formula is C15H18BrF3N2O2S. The number of carbonyl (C=O) groups excluding carboxylic acids is 1. The average molecular weight is 427 g/mol. The first kappa shape index (κ1) is 19.2. The van der Waals surface area contributed by atoms with Crippen molar-refractivity contribution in [2.45, 2.75) is 36.1 Å². The minimum atomic E-state index is -4.87. The predicted octanol–water partition coefficient (Wildman–Crippen LogP) is 3.85. The van der Waals surface area contributed by atoms with Gasteiger partial charge >= 0.3 is 12.1 Å². The third-order valence-corrected chi connectivity index (χ3v) is 7.39. The van der Waals surface area contributed by atoms with Gasteiger partial charge in [-0.3, -0.25) is 4.79 Å². The van der Waals surface area contributed by atoms with E-state index in [4.69, 9.17) is 0 Å². The van der Waals surface area contributed by atoms with Gasteiger partial charge in [0.2, 0.25) is 0 Å². The largest absolute Gasteiger partial charge is 0.471 e. The lowest BCUT2D eigenvalue weighted by atomic mass is 10.1. The van der Waals surface area contributed by atoms with Gasteiger partial charge in [0.15, 0.2) is 0 Å². The molecule has 1 aromatic rings. The average Bonchev–Trinajstić information content (AvgIpc) is 2.54. The van der Waals surface area contributed by atoms with Crippen LogP contribution in [-0.2, 0) is 14.5 Å². The highest BCUT2D eigenvalue weighted by atomic mass is 79.9. The molecule has 0 saturated carbocycles. The van der Waals surface area contributed by atoms with Crippen molar-refractivity contribution in [2.24, 2.45) is 4.36 Å². The molecule has 1 aliphatic heterocycles. The Balaban J connectivity index is 2.21. The van der Waals surface area contributed by atoms with E-state index in [0.29, 0.717) is 11.4 Å². The summed E-state index contributed by atoms with van der Waals surface area (Å²) in [5.41, 5.74) is 0. The molecule has 1 aliphatic rings. The van der Waals surface area contributed by atoms with E-state index in [2.05, 4.69) is 20.3 Å². The maximum absolute atomic E-state index is 13.4. The van der Waals surface area contributed by atoms with E-state index in [1.807, 2.05) is 0 Å². The van der Waals surface area contributed by atoms with Gasteiger partial charge in [-0.1, -0.05) is 15.9 Å². The molecule has 0 spiro atoms. The molecule has 0 N–H and O–H groups in total. The molecule has 0 aromatic heterocycles. The van der Waals surface area contributed by atoms with E-state index in [1.54, 1.807) is 31.2 Å².